The minimum absolute atomic E-state index is 0.275. The third-order valence-electron chi connectivity index (χ3n) is 2.41. The molecule has 0 fully saturated rings. The van der Waals surface area contributed by atoms with Crippen LogP contribution < -0.4 is 4.52 Å². The molecule has 1 aromatic rings. The summed E-state index contributed by atoms with van der Waals surface area (Å²) in [5.74, 6) is 0.741. The SMILES string of the molecule is CCCCCCc1ccccc1OP=O. The molecule has 0 saturated heterocycles. The number of hydrogen-bond acceptors (Lipinski definition) is 2. The van der Waals surface area contributed by atoms with Crippen molar-refractivity contribution in [2.75, 3.05) is 0 Å². The molecule has 3 heteroatoms. The van der Waals surface area contributed by atoms with E-state index >= 15 is 0 Å². The number of para-hydroxylation sites is 1. The first-order valence-corrected chi connectivity index (χ1v) is 6.19. The Kier molecular flexibility index (Phi) is 6.03. The van der Waals surface area contributed by atoms with Crippen LogP contribution in [0.25, 0.3) is 0 Å². The average molecular weight is 224 g/mol. The molecule has 0 saturated carbocycles. The summed E-state index contributed by atoms with van der Waals surface area (Å²) in [7, 11) is -0.275. The summed E-state index contributed by atoms with van der Waals surface area (Å²) in [5.41, 5.74) is 1.15. The highest BCUT2D eigenvalue weighted by molar-refractivity contribution is 7.17. The van der Waals surface area contributed by atoms with Gasteiger partial charge in [-0.25, -0.2) is 4.57 Å². The van der Waals surface area contributed by atoms with Crippen LogP contribution >= 0.6 is 8.69 Å². The van der Waals surface area contributed by atoms with Gasteiger partial charge in [-0.15, -0.1) is 0 Å². The van der Waals surface area contributed by atoms with Crippen molar-refractivity contribution in [3.8, 4) is 5.75 Å². The molecule has 0 bridgehead atoms. The standard InChI is InChI=1S/C12H17O2P/c1-2-3-4-5-8-11-9-6-7-10-12(11)14-15-13/h6-7,9-10H,2-5,8H2,1H3. The maximum absolute atomic E-state index is 10.4. The van der Waals surface area contributed by atoms with Gasteiger partial charge in [0.05, 0.1) is 0 Å². The third kappa shape index (κ3) is 4.44. The lowest BCUT2D eigenvalue weighted by Crippen LogP contribution is -1.89. The molecule has 0 spiro atoms. The predicted molar refractivity (Wildman–Crippen MR) is 62.5 cm³/mol. The molecule has 0 amide bonds. The van der Waals surface area contributed by atoms with Crippen LogP contribution in [0.5, 0.6) is 5.75 Å². The minimum atomic E-state index is -0.275. The van der Waals surface area contributed by atoms with E-state index in [0.717, 1.165) is 17.7 Å². The summed E-state index contributed by atoms with van der Waals surface area (Å²) >= 11 is 0. The van der Waals surface area contributed by atoms with Crippen LogP contribution in [0, 0.1) is 0 Å². The van der Waals surface area contributed by atoms with Gasteiger partial charge in [0.25, 0.3) is 0 Å². The highest BCUT2D eigenvalue weighted by Gasteiger charge is 2.02. The summed E-state index contributed by atoms with van der Waals surface area (Å²) in [4.78, 5) is 0. The molecular weight excluding hydrogens is 207 g/mol. The molecule has 1 aromatic carbocycles. The number of aryl methyl sites for hydroxylation is 1. The molecule has 0 radical (unpaired) electrons. The van der Waals surface area contributed by atoms with Gasteiger partial charge in [0.15, 0.2) is 0 Å². The number of unbranched alkanes of at least 4 members (excludes halogenated alkanes) is 3. The summed E-state index contributed by atoms with van der Waals surface area (Å²) in [6.07, 6.45) is 5.95. The van der Waals surface area contributed by atoms with Gasteiger partial charge in [0, 0.05) is 0 Å². The first-order chi connectivity index (χ1) is 7.38. The van der Waals surface area contributed by atoms with E-state index in [-0.39, 0.29) is 8.69 Å². The van der Waals surface area contributed by atoms with Crippen LogP contribution in [0.3, 0.4) is 0 Å². The fourth-order valence-electron chi connectivity index (χ4n) is 1.58. The molecular formula is C12H17O2P. The second kappa shape index (κ2) is 7.42. The van der Waals surface area contributed by atoms with E-state index in [1.165, 1.54) is 25.7 Å². The first-order valence-electron chi connectivity index (χ1n) is 5.46. The van der Waals surface area contributed by atoms with Crippen molar-refractivity contribution >= 4 is 8.69 Å². The van der Waals surface area contributed by atoms with Crippen LogP contribution in [-0.2, 0) is 11.0 Å². The molecule has 15 heavy (non-hydrogen) atoms. The van der Waals surface area contributed by atoms with Gasteiger partial charge >= 0.3 is 8.69 Å². The second-order valence-corrected chi connectivity index (χ2v) is 3.92. The summed E-state index contributed by atoms with van der Waals surface area (Å²) in [6.45, 7) is 2.20. The van der Waals surface area contributed by atoms with Crippen LogP contribution in [0.2, 0.25) is 0 Å². The van der Waals surface area contributed by atoms with Crippen molar-refractivity contribution in [1.29, 1.82) is 0 Å². The molecule has 2 nitrogen and oxygen atoms in total. The lowest BCUT2D eigenvalue weighted by atomic mass is 10.1. The molecule has 82 valence electrons. The van der Waals surface area contributed by atoms with E-state index in [1.807, 2.05) is 24.3 Å². The van der Waals surface area contributed by atoms with Crippen LogP contribution in [0.15, 0.2) is 24.3 Å². The van der Waals surface area contributed by atoms with Gasteiger partial charge < -0.3 is 4.52 Å². The largest absolute Gasteiger partial charge is 0.407 e. The van der Waals surface area contributed by atoms with Crippen LogP contribution in [0.4, 0.5) is 0 Å². The van der Waals surface area contributed by atoms with Crippen molar-refractivity contribution in [2.24, 2.45) is 0 Å². The fourth-order valence-corrected chi connectivity index (χ4v) is 1.84. The normalized spacial score (nSPS) is 10.5. The molecule has 0 aliphatic carbocycles. The molecule has 1 rings (SSSR count). The monoisotopic (exact) mass is 224 g/mol. The van der Waals surface area contributed by atoms with Gasteiger partial charge in [-0.05, 0) is 24.5 Å². The van der Waals surface area contributed by atoms with Crippen molar-refractivity contribution in [3.05, 3.63) is 29.8 Å². The van der Waals surface area contributed by atoms with Gasteiger partial charge in [0.1, 0.15) is 5.75 Å². The van der Waals surface area contributed by atoms with E-state index in [1.54, 1.807) is 0 Å². The van der Waals surface area contributed by atoms with Gasteiger partial charge in [-0.2, -0.15) is 0 Å². The summed E-state index contributed by atoms with van der Waals surface area (Å²) < 4.78 is 15.4. The Balaban J connectivity index is 2.47. The fraction of sp³-hybridized carbons (Fsp3) is 0.500. The number of benzene rings is 1. The van der Waals surface area contributed by atoms with E-state index in [9.17, 15) is 4.57 Å². The number of hydrogen-bond donors (Lipinski definition) is 0. The Labute approximate surface area is 92.9 Å². The van der Waals surface area contributed by atoms with Crippen LogP contribution in [0.1, 0.15) is 38.2 Å². The molecule has 0 atom stereocenters. The Morgan fingerprint density at radius 2 is 2.00 bits per heavy atom. The maximum Gasteiger partial charge on any atom is 0.395 e. The quantitative estimate of drug-likeness (QED) is 0.507. The molecule has 0 aromatic heterocycles. The van der Waals surface area contributed by atoms with Crippen molar-refractivity contribution in [2.45, 2.75) is 39.0 Å². The number of rotatable bonds is 7. The lowest BCUT2D eigenvalue weighted by molar-refractivity contribution is 0.520. The van der Waals surface area contributed by atoms with Gasteiger partial charge in [-0.3, -0.25) is 0 Å². The first kappa shape index (κ1) is 12.2. The van der Waals surface area contributed by atoms with Crippen LogP contribution in [-0.4, -0.2) is 0 Å². The Morgan fingerprint density at radius 1 is 1.20 bits per heavy atom. The van der Waals surface area contributed by atoms with Crippen molar-refractivity contribution < 1.29 is 9.09 Å². The highest BCUT2D eigenvalue weighted by atomic mass is 31.1. The molecule has 0 unspecified atom stereocenters. The van der Waals surface area contributed by atoms with Crippen molar-refractivity contribution in [3.63, 3.8) is 0 Å². The highest BCUT2D eigenvalue weighted by Crippen LogP contribution is 2.23. The Bertz CT molecular complexity index is 299. The van der Waals surface area contributed by atoms with Gasteiger partial charge in [-0.1, -0.05) is 44.4 Å². The maximum atomic E-state index is 10.4. The lowest BCUT2D eigenvalue weighted by Gasteiger charge is -2.05. The second-order valence-electron chi connectivity index (χ2n) is 3.58. The molecule has 0 aliphatic heterocycles. The van der Waals surface area contributed by atoms with E-state index in [0.29, 0.717) is 0 Å². The smallest absolute Gasteiger partial charge is 0.395 e. The van der Waals surface area contributed by atoms with Crippen molar-refractivity contribution in [1.82, 2.24) is 0 Å². The molecule has 0 aliphatic rings. The zero-order valence-electron chi connectivity index (χ0n) is 9.11. The average Bonchev–Trinajstić information content (AvgIpc) is 2.27. The zero-order chi connectivity index (χ0) is 10.9. The Morgan fingerprint density at radius 3 is 2.73 bits per heavy atom. The van der Waals surface area contributed by atoms with E-state index in [4.69, 9.17) is 4.52 Å². The zero-order valence-corrected chi connectivity index (χ0v) is 10.0. The molecule has 0 heterocycles. The van der Waals surface area contributed by atoms with E-state index in [2.05, 4.69) is 6.92 Å². The predicted octanol–water partition coefficient (Wildman–Crippen LogP) is 4.39. The topological polar surface area (TPSA) is 26.3 Å². The Hall–Kier alpha value is -0.880. The third-order valence-corrected chi connectivity index (χ3v) is 2.68. The summed E-state index contributed by atoms with van der Waals surface area (Å²) in [5, 5.41) is 0. The summed E-state index contributed by atoms with van der Waals surface area (Å²) in [6, 6.07) is 7.78. The minimum Gasteiger partial charge on any atom is -0.407 e. The molecule has 0 N–H and O–H groups in total. The van der Waals surface area contributed by atoms with Gasteiger partial charge in [0.2, 0.25) is 0 Å². The van der Waals surface area contributed by atoms with E-state index < -0.39 is 0 Å².